The second-order valence-electron chi connectivity index (χ2n) is 5.66. The van der Waals surface area contributed by atoms with Crippen LogP contribution in [0.25, 0.3) is 0 Å². The summed E-state index contributed by atoms with van der Waals surface area (Å²) in [5.74, 6) is 0. The third kappa shape index (κ3) is 2.07. The van der Waals surface area contributed by atoms with Gasteiger partial charge in [0.1, 0.15) is 0 Å². The quantitative estimate of drug-likeness (QED) is 0.919. The van der Waals surface area contributed by atoms with Crippen LogP contribution in [0, 0.1) is 0 Å². The first-order chi connectivity index (χ1) is 9.52. The molecule has 20 heavy (non-hydrogen) atoms. The molecule has 1 aromatic heterocycles. The molecule has 2 heterocycles. The number of aliphatic hydroxyl groups is 1. The molecule has 0 saturated carbocycles. The van der Waals surface area contributed by atoms with Crippen LogP contribution in [0.5, 0.6) is 0 Å². The normalized spacial score (nSPS) is 16.3. The Morgan fingerprint density at radius 3 is 2.85 bits per heavy atom. The molecule has 0 fully saturated rings. The van der Waals surface area contributed by atoms with E-state index in [1.165, 1.54) is 11.1 Å². The van der Waals surface area contributed by atoms with Crippen LogP contribution in [0.15, 0.2) is 36.7 Å². The molecule has 0 aliphatic carbocycles. The van der Waals surface area contributed by atoms with Crippen molar-refractivity contribution in [3.8, 4) is 0 Å². The van der Waals surface area contributed by atoms with E-state index in [-0.39, 0.29) is 12.1 Å². The maximum absolute atomic E-state index is 9.27. The van der Waals surface area contributed by atoms with E-state index in [1.54, 1.807) is 6.20 Å². The van der Waals surface area contributed by atoms with Gasteiger partial charge < -0.3 is 10.0 Å². The van der Waals surface area contributed by atoms with Crippen molar-refractivity contribution in [1.82, 2.24) is 4.98 Å². The minimum Gasteiger partial charge on any atom is -0.392 e. The van der Waals surface area contributed by atoms with Gasteiger partial charge in [-0.05, 0) is 48.7 Å². The summed E-state index contributed by atoms with van der Waals surface area (Å²) in [6, 6.07) is 8.05. The average molecular weight is 289 g/mol. The molecule has 1 aromatic carbocycles. The Bertz CT molecular complexity index is 655. The second-order valence-corrected chi connectivity index (χ2v) is 6.09. The highest BCUT2D eigenvalue weighted by atomic mass is 35.5. The molecule has 3 nitrogen and oxygen atoms in total. The predicted octanol–water partition coefficient (Wildman–Crippen LogP) is 3.48. The number of rotatable bonds is 2. The SMILES string of the molecule is CC1(C)c2cc(Cl)ccc2CN1c1cncc(CO)c1. The minimum absolute atomic E-state index is 0.00782. The summed E-state index contributed by atoms with van der Waals surface area (Å²) in [5.41, 5.74) is 4.24. The zero-order valence-corrected chi connectivity index (χ0v) is 12.4. The van der Waals surface area contributed by atoms with E-state index >= 15 is 0 Å². The van der Waals surface area contributed by atoms with Crippen LogP contribution in [0.2, 0.25) is 5.02 Å². The van der Waals surface area contributed by atoms with Gasteiger partial charge in [0.05, 0.1) is 24.0 Å². The number of aromatic nitrogens is 1. The maximum atomic E-state index is 9.27. The van der Waals surface area contributed by atoms with E-state index < -0.39 is 0 Å². The monoisotopic (exact) mass is 288 g/mol. The fourth-order valence-electron chi connectivity index (χ4n) is 2.89. The molecule has 3 rings (SSSR count). The topological polar surface area (TPSA) is 36.4 Å². The predicted molar refractivity (Wildman–Crippen MR) is 80.8 cm³/mol. The van der Waals surface area contributed by atoms with Crippen LogP contribution in [-0.4, -0.2) is 10.1 Å². The minimum atomic E-state index is -0.143. The number of pyridine rings is 1. The number of halogens is 1. The average Bonchev–Trinajstić information content (AvgIpc) is 2.71. The number of benzene rings is 1. The Morgan fingerprint density at radius 1 is 1.30 bits per heavy atom. The van der Waals surface area contributed by atoms with Crippen LogP contribution in [0.1, 0.15) is 30.5 Å². The molecule has 0 unspecified atom stereocenters. The lowest BCUT2D eigenvalue weighted by molar-refractivity contribution is 0.281. The highest BCUT2D eigenvalue weighted by molar-refractivity contribution is 6.30. The van der Waals surface area contributed by atoms with Crippen molar-refractivity contribution < 1.29 is 5.11 Å². The third-order valence-electron chi connectivity index (χ3n) is 4.01. The summed E-state index contributed by atoms with van der Waals surface area (Å²) in [7, 11) is 0. The van der Waals surface area contributed by atoms with Gasteiger partial charge in [-0.15, -0.1) is 0 Å². The maximum Gasteiger partial charge on any atom is 0.0697 e. The Balaban J connectivity index is 2.05. The Kier molecular flexibility index (Phi) is 3.19. The van der Waals surface area contributed by atoms with Gasteiger partial charge in [-0.2, -0.15) is 0 Å². The van der Waals surface area contributed by atoms with Crippen molar-refractivity contribution in [2.45, 2.75) is 32.5 Å². The first-order valence-electron chi connectivity index (χ1n) is 6.63. The number of aliphatic hydroxyl groups excluding tert-OH is 1. The molecule has 1 aliphatic heterocycles. The van der Waals surface area contributed by atoms with Crippen molar-refractivity contribution in [1.29, 1.82) is 0 Å². The van der Waals surface area contributed by atoms with Crippen molar-refractivity contribution in [3.63, 3.8) is 0 Å². The lowest BCUT2D eigenvalue weighted by Gasteiger charge is -2.34. The molecule has 0 amide bonds. The second kappa shape index (κ2) is 4.76. The Hall–Kier alpha value is -1.58. The third-order valence-corrected chi connectivity index (χ3v) is 4.24. The zero-order valence-electron chi connectivity index (χ0n) is 11.6. The van der Waals surface area contributed by atoms with Gasteiger partial charge in [0.2, 0.25) is 0 Å². The number of fused-ring (bicyclic) bond motifs is 1. The first-order valence-corrected chi connectivity index (χ1v) is 7.01. The summed E-state index contributed by atoms with van der Waals surface area (Å²) < 4.78 is 0. The molecule has 0 saturated heterocycles. The lowest BCUT2D eigenvalue weighted by Crippen LogP contribution is -2.35. The molecule has 2 aromatic rings. The summed E-state index contributed by atoms with van der Waals surface area (Å²) in [6.07, 6.45) is 3.53. The highest BCUT2D eigenvalue weighted by Crippen LogP contribution is 2.42. The van der Waals surface area contributed by atoms with Gasteiger partial charge in [0.15, 0.2) is 0 Å². The van der Waals surface area contributed by atoms with Gasteiger partial charge in [-0.1, -0.05) is 17.7 Å². The molecule has 0 bridgehead atoms. The standard InChI is InChI=1S/C16H17ClN2O/c1-16(2)15-6-13(17)4-3-12(15)9-19(16)14-5-11(10-20)7-18-8-14/h3-8,20H,9-10H2,1-2H3. The van der Waals surface area contributed by atoms with E-state index in [4.69, 9.17) is 11.6 Å². The van der Waals surface area contributed by atoms with Crippen molar-refractivity contribution >= 4 is 17.3 Å². The van der Waals surface area contributed by atoms with Crippen molar-refractivity contribution in [2.24, 2.45) is 0 Å². The van der Waals surface area contributed by atoms with Crippen LogP contribution < -0.4 is 4.90 Å². The van der Waals surface area contributed by atoms with Crippen LogP contribution >= 0.6 is 11.6 Å². The molecular weight excluding hydrogens is 272 g/mol. The first kappa shape index (κ1) is 13.4. The molecule has 104 valence electrons. The van der Waals surface area contributed by atoms with Crippen LogP contribution in [0.3, 0.4) is 0 Å². The van der Waals surface area contributed by atoms with Gasteiger partial charge in [0.25, 0.3) is 0 Å². The number of nitrogens with zero attached hydrogens (tertiary/aromatic N) is 2. The van der Waals surface area contributed by atoms with Gasteiger partial charge in [0, 0.05) is 17.8 Å². The summed E-state index contributed by atoms with van der Waals surface area (Å²) in [6.45, 7) is 5.20. The highest BCUT2D eigenvalue weighted by Gasteiger charge is 2.37. The number of hydrogen-bond acceptors (Lipinski definition) is 3. The van der Waals surface area contributed by atoms with E-state index in [0.717, 1.165) is 22.8 Å². The fraction of sp³-hybridized carbons (Fsp3) is 0.312. The summed E-state index contributed by atoms with van der Waals surface area (Å²) in [4.78, 5) is 6.51. The molecule has 1 N–H and O–H groups in total. The van der Waals surface area contributed by atoms with Crippen LogP contribution in [0.4, 0.5) is 5.69 Å². The number of hydrogen-bond donors (Lipinski definition) is 1. The summed E-state index contributed by atoms with van der Waals surface area (Å²) in [5, 5.41) is 10.0. The summed E-state index contributed by atoms with van der Waals surface area (Å²) >= 11 is 6.13. The lowest BCUT2D eigenvalue weighted by atomic mass is 9.93. The Morgan fingerprint density at radius 2 is 2.10 bits per heavy atom. The molecule has 0 atom stereocenters. The Labute approximate surface area is 123 Å². The van der Waals surface area contributed by atoms with E-state index in [1.807, 2.05) is 24.4 Å². The van der Waals surface area contributed by atoms with E-state index in [2.05, 4.69) is 29.8 Å². The van der Waals surface area contributed by atoms with E-state index in [0.29, 0.717) is 0 Å². The molecule has 1 aliphatic rings. The van der Waals surface area contributed by atoms with E-state index in [9.17, 15) is 5.11 Å². The molecule has 0 spiro atoms. The molecule has 0 radical (unpaired) electrons. The zero-order chi connectivity index (χ0) is 14.3. The number of anilines is 1. The van der Waals surface area contributed by atoms with Gasteiger partial charge >= 0.3 is 0 Å². The van der Waals surface area contributed by atoms with Gasteiger partial charge in [-0.25, -0.2) is 0 Å². The fourth-order valence-corrected chi connectivity index (χ4v) is 3.06. The molecular formula is C16H17ClN2O. The van der Waals surface area contributed by atoms with Crippen LogP contribution in [-0.2, 0) is 18.7 Å². The van der Waals surface area contributed by atoms with Crippen molar-refractivity contribution in [3.05, 3.63) is 58.4 Å². The largest absolute Gasteiger partial charge is 0.392 e. The van der Waals surface area contributed by atoms with Crippen molar-refractivity contribution in [2.75, 3.05) is 4.90 Å². The molecule has 4 heteroatoms. The smallest absolute Gasteiger partial charge is 0.0697 e. The van der Waals surface area contributed by atoms with Gasteiger partial charge in [-0.3, -0.25) is 4.98 Å².